The average molecular weight is 199 g/mol. The lowest BCUT2D eigenvalue weighted by Gasteiger charge is -2.20. The summed E-state index contributed by atoms with van der Waals surface area (Å²) < 4.78 is 5.70. The lowest BCUT2D eigenvalue weighted by Crippen LogP contribution is -2.32. The van der Waals surface area contributed by atoms with Gasteiger partial charge in [0.1, 0.15) is 0 Å². The molecule has 1 aliphatic carbocycles. The van der Waals surface area contributed by atoms with E-state index in [1.165, 1.54) is 12.8 Å². The van der Waals surface area contributed by atoms with E-state index in [1.54, 1.807) is 0 Å². The smallest absolute Gasteiger partial charge is 0.0622 e. The van der Waals surface area contributed by atoms with Gasteiger partial charge in [-0.3, -0.25) is 0 Å². The molecule has 1 saturated carbocycles. The molecule has 1 N–H and O–H groups in total. The minimum absolute atomic E-state index is 0.398. The van der Waals surface area contributed by atoms with Crippen molar-refractivity contribution >= 4 is 0 Å². The molecule has 0 bridgehead atoms. The van der Waals surface area contributed by atoms with Gasteiger partial charge < -0.3 is 10.1 Å². The van der Waals surface area contributed by atoms with E-state index in [0.717, 1.165) is 25.6 Å². The Morgan fingerprint density at radius 1 is 1.36 bits per heavy atom. The quantitative estimate of drug-likeness (QED) is 0.663. The van der Waals surface area contributed by atoms with Crippen LogP contribution in [0.2, 0.25) is 0 Å². The molecule has 0 aliphatic heterocycles. The third-order valence-electron chi connectivity index (χ3n) is 2.86. The van der Waals surface area contributed by atoms with Gasteiger partial charge in [0.05, 0.1) is 6.61 Å². The molecular weight excluding hydrogens is 174 g/mol. The highest BCUT2D eigenvalue weighted by molar-refractivity contribution is 4.85. The first-order chi connectivity index (χ1) is 6.53. The van der Waals surface area contributed by atoms with Crippen molar-refractivity contribution in [3.8, 4) is 0 Å². The Balaban J connectivity index is 2.02. The number of ether oxygens (including phenoxy) is 1. The third kappa shape index (κ3) is 4.97. The second-order valence-electron chi connectivity index (χ2n) is 5.62. The zero-order valence-electron chi connectivity index (χ0n) is 10.1. The highest BCUT2D eigenvalue weighted by atomic mass is 16.5. The van der Waals surface area contributed by atoms with Crippen molar-refractivity contribution in [2.45, 2.75) is 46.1 Å². The first-order valence-electron chi connectivity index (χ1n) is 5.78. The van der Waals surface area contributed by atoms with E-state index in [9.17, 15) is 0 Å². The maximum absolute atomic E-state index is 5.70. The van der Waals surface area contributed by atoms with Gasteiger partial charge in [0.15, 0.2) is 0 Å². The van der Waals surface area contributed by atoms with Crippen LogP contribution in [0, 0.1) is 11.3 Å². The van der Waals surface area contributed by atoms with Gasteiger partial charge in [0.2, 0.25) is 0 Å². The van der Waals surface area contributed by atoms with E-state index in [1.807, 2.05) is 7.05 Å². The highest BCUT2D eigenvalue weighted by Gasteiger charge is 2.30. The normalized spacial score (nSPS) is 19.7. The highest BCUT2D eigenvalue weighted by Crippen LogP contribution is 2.32. The van der Waals surface area contributed by atoms with Crippen LogP contribution in [0.3, 0.4) is 0 Å². The van der Waals surface area contributed by atoms with E-state index in [4.69, 9.17) is 4.74 Å². The maximum atomic E-state index is 5.70. The molecular formula is C12H25NO. The largest absolute Gasteiger partial charge is 0.380 e. The van der Waals surface area contributed by atoms with Crippen LogP contribution in [-0.2, 0) is 4.74 Å². The molecule has 0 saturated heterocycles. The molecule has 0 radical (unpaired) electrons. The number of rotatable bonds is 6. The lowest BCUT2D eigenvalue weighted by molar-refractivity contribution is 0.0868. The van der Waals surface area contributed by atoms with Crippen LogP contribution in [0.5, 0.6) is 0 Å². The van der Waals surface area contributed by atoms with Gasteiger partial charge in [-0.2, -0.15) is 0 Å². The lowest BCUT2D eigenvalue weighted by atomic mass is 9.93. The van der Waals surface area contributed by atoms with Gasteiger partial charge in [0, 0.05) is 12.6 Å². The molecule has 1 rings (SSSR count). The fourth-order valence-corrected chi connectivity index (χ4v) is 1.54. The van der Waals surface area contributed by atoms with Crippen LogP contribution in [-0.4, -0.2) is 26.3 Å². The van der Waals surface area contributed by atoms with Gasteiger partial charge in [0.25, 0.3) is 0 Å². The molecule has 0 heterocycles. The van der Waals surface area contributed by atoms with Gasteiger partial charge in [-0.15, -0.1) is 0 Å². The number of nitrogens with one attached hydrogen (secondary N) is 1. The van der Waals surface area contributed by atoms with Crippen molar-refractivity contribution in [2.24, 2.45) is 11.3 Å². The minimum Gasteiger partial charge on any atom is -0.380 e. The van der Waals surface area contributed by atoms with Crippen LogP contribution in [0.15, 0.2) is 0 Å². The van der Waals surface area contributed by atoms with Crippen molar-refractivity contribution in [2.75, 3.05) is 20.3 Å². The van der Waals surface area contributed by atoms with Crippen LogP contribution in [0.4, 0.5) is 0 Å². The predicted octanol–water partition coefficient (Wildman–Crippen LogP) is 2.44. The first-order valence-corrected chi connectivity index (χ1v) is 5.78. The summed E-state index contributed by atoms with van der Waals surface area (Å²) in [5, 5.41) is 3.34. The molecule has 0 aromatic carbocycles. The van der Waals surface area contributed by atoms with E-state index < -0.39 is 0 Å². The van der Waals surface area contributed by atoms with Gasteiger partial charge in [-0.25, -0.2) is 0 Å². The molecule has 0 aromatic heterocycles. The van der Waals surface area contributed by atoms with Gasteiger partial charge in [-0.05, 0) is 37.6 Å². The predicted molar refractivity (Wildman–Crippen MR) is 60.5 cm³/mol. The molecule has 1 aliphatic rings. The maximum Gasteiger partial charge on any atom is 0.0622 e. The summed E-state index contributed by atoms with van der Waals surface area (Å²) in [5.41, 5.74) is 0.398. The minimum atomic E-state index is 0.398. The van der Waals surface area contributed by atoms with Crippen LogP contribution < -0.4 is 5.32 Å². The zero-order valence-corrected chi connectivity index (χ0v) is 10.1. The summed E-state index contributed by atoms with van der Waals surface area (Å²) in [5.74, 6) is 0.884. The van der Waals surface area contributed by atoms with E-state index in [0.29, 0.717) is 11.5 Å². The summed E-state index contributed by atoms with van der Waals surface area (Å²) in [7, 11) is 2.04. The molecule has 14 heavy (non-hydrogen) atoms. The Morgan fingerprint density at radius 2 is 2.00 bits per heavy atom. The van der Waals surface area contributed by atoms with Gasteiger partial charge in [-0.1, -0.05) is 20.8 Å². The SMILES string of the molecule is CNC(COCCC(C)(C)C)C1CC1. The van der Waals surface area contributed by atoms with Crippen molar-refractivity contribution in [3.63, 3.8) is 0 Å². The molecule has 84 valence electrons. The summed E-state index contributed by atoms with van der Waals surface area (Å²) >= 11 is 0. The van der Waals surface area contributed by atoms with Crippen LogP contribution in [0.1, 0.15) is 40.0 Å². The monoisotopic (exact) mass is 199 g/mol. The summed E-state index contributed by atoms with van der Waals surface area (Å²) in [6, 6.07) is 0.593. The molecule has 1 atom stereocenters. The zero-order chi connectivity index (χ0) is 10.6. The second kappa shape index (κ2) is 5.13. The number of likely N-dealkylation sites (N-methyl/N-ethyl adjacent to an activating group) is 1. The second-order valence-corrected chi connectivity index (χ2v) is 5.62. The molecule has 0 spiro atoms. The average Bonchev–Trinajstić information content (AvgIpc) is 2.86. The molecule has 0 aromatic rings. The Bertz CT molecular complexity index is 158. The Labute approximate surface area is 88.4 Å². The standard InChI is InChI=1S/C12H25NO/c1-12(2,3)7-8-14-9-11(13-4)10-5-6-10/h10-11,13H,5-9H2,1-4H3. The summed E-state index contributed by atoms with van der Waals surface area (Å²) in [4.78, 5) is 0. The topological polar surface area (TPSA) is 21.3 Å². The molecule has 1 unspecified atom stereocenters. The van der Waals surface area contributed by atoms with E-state index in [2.05, 4.69) is 26.1 Å². The molecule has 1 fully saturated rings. The summed E-state index contributed by atoms with van der Waals surface area (Å²) in [6.07, 6.45) is 3.91. The third-order valence-corrected chi connectivity index (χ3v) is 2.86. The fourth-order valence-electron chi connectivity index (χ4n) is 1.54. The fraction of sp³-hybridized carbons (Fsp3) is 1.00. The van der Waals surface area contributed by atoms with Crippen molar-refractivity contribution in [1.29, 1.82) is 0 Å². The molecule has 0 amide bonds. The summed E-state index contributed by atoms with van der Waals surface area (Å²) in [6.45, 7) is 8.55. The molecule has 2 heteroatoms. The first kappa shape index (κ1) is 12.0. The van der Waals surface area contributed by atoms with E-state index >= 15 is 0 Å². The van der Waals surface area contributed by atoms with Gasteiger partial charge >= 0.3 is 0 Å². The Kier molecular flexibility index (Phi) is 4.39. The van der Waals surface area contributed by atoms with Crippen molar-refractivity contribution in [1.82, 2.24) is 5.32 Å². The van der Waals surface area contributed by atoms with Crippen LogP contribution in [0.25, 0.3) is 0 Å². The van der Waals surface area contributed by atoms with E-state index in [-0.39, 0.29) is 0 Å². The Morgan fingerprint density at radius 3 is 2.43 bits per heavy atom. The Hall–Kier alpha value is -0.0800. The van der Waals surface area contributed by atoms with Crippen molar-refractivity contribution < 1.29 is 4.74 Å². The number of hydrogen-bond donors (Lipinski definition) is 1. The number of hydrogen-bond acceptors (Lipinski definition) is 2. The van der Waals surface area contributed by atoms with Crippen LogP contribution >= 0.6 is 0 Å². The van der Waals surface area contributed by atoms with Crippen molar-refractivity contribution in [3.05, 3.63) is 0 Å². The molecule has 2 nitrogen and oxygen atoms in total.